The molecule has 0 amide bonds. The van der Waals surface area contributed by atoms with Crippen LogP contribution in [-0.4, -0.2) is 36.6 Å². The van der Waals surface area contributed by atoms with E-state index in [0.29, 0.717) is 11.4 Å². The molecule has 0 aliphatic rings. The largest absolute Gasteiger partial charge is 0.495 e. The zero-order chi connectivity index (χ0) is 11.3. The second-order valence-corrected chi connectivity index (χ2v) is 3.05. The van der Waals surface area contributed by atoms with Crippen molar-refractivity contribution in [2.45, 2.75) is 6.04 Å². The van der Waals surface area contributed by atoms with Crippen molar-refractivity contribution in [2.75, 3.05) is 25.6 Å². The van der Waals surface area contributed by atoms with Crippen molar-refractivity contribution < 1.29 is 19.3 Å². The van der Waals surface area contributed by atoms with Crippen LogP contribution in [0.2, 0.25) is 0 Å². The van der Waals surface area contributed by atoms with Crippen molar-refractivity contribution in [3.8, 4) is 5.75 Å². The number of rotatable bonds is 5. The zero-order valence-electron chi connectivity index (χ0n) is 8.40. The Morgan fingerprint density at radius 1 is 1.40 bits per heavy atom. The van der Waals surface area contributed by atoms with Crippen LogP contribution >= 0.6 is 0 Å². The summed E-state index contributed by atoms with van der Waals surface area (Å²) < 4.78 is 17.9. The average Bonchev–Trinajstić information content (AvgIpc) is 2.26. The van der Waals surface area contributed by atoms with Gasteiger partial charge in [-0.25, -0.2) is 4.39 Å². The lowest BCUT2D eigenvalue weighted by Crippen LogP contribution is -2.27. The minimum atomic E-state index is -0.527. The summed E-state index contributed by atoms with van der Waals surface area (Å²) in [6, 6.07) is 3.47. The molecule has 1 aromatic rings. The van der Waals surface area contributed by atoms with Gasteiger partial charge in [0.25, 0.3) is 0 Å². The molecule has 0 radical (unpaired) electrons. The summed E-state index contributed by atoms with van der Waals surface area (Å²) in [5, 5.41) is 20.5. The molecule has 1 rings (SSSR count). The molecular formula is C10H14FNO3. The number of aliphatic hydroxyl groups is 2. The smallest absolute Gasteiger partial charge is 0.142 e. The fraction of sp³-hybridized carbons (Fsp3) is 0.400. The quantitative estimate of drug-likeness (QED) is 0.673. The first-order valence-electron chi connectivity index (χ1n) is 4.53. The molecule has 0 unspecified atom stereocenters. The van der Waals surface area contributed by atoms with Crippen molar-refractivity contribution in [3.05, 3.63) is 24.0 Å². The molecule has 0 aromatic heterocycles. The Kier molecular flexibility index (Phi) is 4.33. The second kappa shape index (κ2) is 5.53. The first-order valence-corrected chi connectivity index (χ1v) is 4.53. The summed E-state index contributed by atoms with van der Waals surface area (Å²) in [6.07, 6.45) is 0. The van der Waals surface area contributed by atoms with Crippen molar-refractivity contribution in [1.29, 1.82) is 0 Å². The normalized spacial score (nSPS) is 10.5. The molecule has 4 nitrogen and oxygen atoms in total. The molecule has 0 heterocycles. The Labute approximate surface area is 87.3 Å². The van der Waals surface area contributed by atoms with Gasteiger partial charge < -0.3 is 20.3 Å². The van der Waals surface area contributed by atoms with Gasteiger partial charge in [0.2, 0.25) is 0 Å². The van der Waals surface area contributed by atoms with E-state index in [4.69, 9.17) is 14.9 Å². The van der Waals surface area contributed by atoms with Gasteiger partial charge in [0, 0.05) is 6.07 Å². The number of aliphatic hydroxyl groups excluding tert-OH is 2. The molecule has 0 aliphatic carbocycles. The minimum Gasteiger partial charge on any atom is -0.495 e. The number of hydrogen-bond acceptors (Lipinski definition) is 4. The average molecular weight is 215 g/mol. The van der Waals surface area contributed by atoms with Crippen molar-refractivity contribution in [3.63, 3.8) is 0 Å². The van der Waals surface area contributed by atoms with Crippen LogP contribution in [0.5, 0.6) is 5.75 Å². The summed E-state index contributed by atoms with van der Waals surface area (Å²) >= 11 is 0. The maximum atomic E-state index is 12.9. The highest BCUT2D eigenvalue weighted by atomic mass is 19.1. The summed E-state index contributed by atoms with van der Waals surface area (Å²) in [7, 11) is 1.46. The van der Waals surface area contributed by atoms with Gasteiger partial charge in [-0.1, -0.05) is 0 Å². The maximum absolute atomic E-state index is 12.9. The third kappa shape index (κ3) is 3.07. The lowest BCUT2D eigenvalue weighted by atomic mass is 10.2. The molecule has 0 atom stereocenters. The summed E-state index contributed by atoms with van der Waals surface area (Å²) in [6.45, 7) is -0.480. The number of benzene rings is 1. The van der Waals surface area contributed by atoms with E-state index in [1.165, 1.54) is 25.3 Å². The summed E-state index contributed by atoms with van der Waals surface area (Å²) in [5.74, 6) is 0.0521. The summed E-state index contributed by atoms with van der Waals surface area (Å²) in [5.41, 5.74) is 0.408. The van der Waals surface area contributed by atoms with Crippen molar-refractivity contribution in [2.24, 2.45) is 0 Å². The molecule has 0 saturated carbocycles. The van der Waals surface area contributed by atoms with Gasteiger partial charge in [-0.2, -0.15) is 0 Å². The first kappa shape index (κ1) is 11.7. The van der Waals surface area contributed by atoms with Crippen LogP contribution in [0.15, 0.2) is 18.2 Å². The van der Waals surface area contributed by atoms with E-state index in [9.17, 15) is 4.39 Å². The Hall–Kier alpha value is -1.33. The second-order valence-electron chi connectivity index (χ2n) is 3.05. The number of ether oxygens (including phenoxy) is 1. The molecular weight excluding hydrogens is 201 g/mol. The first-order chi connectivity index (χ1) is 7.21. The van der Waals surface area contributed by atoms with Gasteiger partial charge in [0.1, 0.15) is 11.6 Å². The molecule has 0 saturated heterocycles. The molecule has 0 bridgehead atoms. The molecule has 0 spiro atoms. The molecule has 15 heavy (non-hydrogen) atoms. The number of methoxy groups -OCH3 is 1. The fourth-order valence-corrected chi connectivity index (χ4v) is 1.16. The third-order valence-electron chi connectivity index (χ3n) is 1.96. The molecule has 0 fully saturated rings. The highest BCUT2D eigenvalue weighted by molar-refractivity contribution is 5.57. The topological polar surface area (TPSA) is 61.7 Å². The monoisotopic (exact) mass is 215 g/mol. The van der Waals surface area contributed by atoms with Crippen LogP contribution < -0.4 is 10.1 Å². The Balaban J connectivity index is 2.86. The van der Waals surface area contributed by atoms with E-state index in [0.717, 1.165) is 0 Å². The van der Waals surface area contributed by atoms with Crippen LogP contribution in [-0.2, 0) is 0 Å². The molecule has 84 valence electrons. The van der Waals surface area contributed by atoms with Crippen LogP contribution in [0.1, 0.15) is 0 Å². The van der Waals surface area contributed by atoms with E-state index >= 15 is 0 Å². The number of nitrogens with one attached hydrogen (secondary N) is 1. The number of hydrogen-bond donors (Lipinski definition) is 3. The Bertz CT molecular complexity index is 316. The van der Waals surface area contributed by atoms with Crippen LogP contribution in [0.4, 0.5) is 10.1 Å². The summed E-state index contributed by atoms with van der Waals surface area (Å²) in [4.78, 5) is 0. The maximum Gasteiger partial charge on any atom is 0.142 e. The van der Waals surface area contributed by atoms with E-state index in [1.54, 1.807) is 0 Å². The third-order valence-corrected chi connectivity index (χ3v) is 1.96. The van der Waals surface area contributed by atoms with Gasteiger partial charge in [-0.15, -0.1) is 0 Å². The van der Waals surface area contributed by atoms with Gasteiger partial charge in [-0.05, 0) is 12.1 Å². The Morgan fingerprint density at radius 2 is 2.07 bits per heavy atom. The van der Waals surface area contributed by atoms with Crippen LogP contribution in [0.25, 0.3) is 0 Å². The van der Waals surface area contributed by atoms with Crippen molar-refractivity contribution >= 4 is 5.69 Å². The van der Waals surface area contributed by atoms with E-state index < -0.39 is 11.9 Å². The SMILES string of the molecule is COc1ccc(F)cc1NC(CO)CO. The molecule has 1 aromatic carbocycles. The highest BCUT2D eigenvalue weighted by Crippen LogP contribution is 2.25. The predicted octanol–water partition coefficient (Wildman–Crippen LogP) is 0.599. The van der Waals surface area contributed by atoms with Gasteiger partial charge >= 0.3 is 0 Å². The van der Waals surface area contributed by atoms with Crippen LogP contribution in [0.3, 0.4) is 0 Å². The number of halogens is 1. The molecule has 5 heteroatoms. The van der Waals surface area contributed by atoms with E-state index in [2.05, 4.69) is 5.32 Å². The lowest BCUT2D eigenvalue weighted by Gasteiger charge is -2.17. The van der Waals surface area contributed by atoms with E-state index in [1.807, 2.05) is 0 Å². The zero-order valence-corrected chi connectivity index (χ0v) is 8.40. The Morgan fingerprint density at radius 3 is 2.60 bits per heavy atom. The molecule has 0 aliphatic heterocycles. The van der Waals surface area contributed by atoms with E-state index in [-0.39, 0.29) is 13.2 Å². The minimum absolute atomic E-state index is 0.240. The standard InChI is InChI=1S/C10H14FNO3/c1-15-10-3-2-7(11)4-9(10)12-8(5-13)6-14/h2-4,8,12-14H,5-6H2,1H3. The lowest BCUT2D eigenvalue weighted by molar-refractivity contribution is 0.203. The van der Waals surface area contributed by atoms with Gasteiger partial charge in [-0.3, -0.25) is 0 Å². The predicted molar refractivity (Wildman–Crippen MR) is 54.5 cm³/mol. The van der Waals surface area contributed by atoms with Crippen molar-refractivity contribution in [1.82, 2.24) is 0 Å². The van der Waals surface area contributed by atoms with Crippen LogP contribution in [0, 0.1) is 5.82 Å². The molecule has 3 N–H and O–H groups in total. The highest BCUT2D eigenvalue weighted by Gasteiger charge is 2.10. The van der Waals surface area contributed by atoms with Gasteiger partial charge in [0.05, 0.1) is 32.1 Å². The fourth-order valence-electron chi connectivity index (χ4n) is 1.16. The van der Waals surface area contributed by atoms with Gasteiger partial charge in [0.15, 0.2) is 0 Å². The number of anilines is 1.